The summed E-state index contributed by atoms with van der Waals surface area (Å²) in [4.78, 5) is 43.0. The smallest absolute Gasteiger partial charge is 0.410 e. The van der Waals surface area contributed by atoms with Gasteiger partial charge in [0, 0.05) is 18.3 Å². The lowest BCUT2D eigenvalue weighted by Crippen LogP contribution is -2.37. The van der Waals surface area contributed by atoms with Gasteiger partial charge in [0.1, 0.15) is 23.4 Å². The molecule has 10 nitrogen and oxygen atoms in total. The lowest BCUT2D eigenvalue weighted by molar-refractivity contribution is 0.0231. The molecule has 2 amide bonds. The number of thiazole rings is 1. The number of carbonyl (C=O) groups excluding carboxylic acids is 2. The maximum Gasteiger partial charge on any atom is 0.410 e. The minimum absolute atomic E-state index is 0.183. The molecular formula is C23H26N6O4S. The van der Waals surface area contributed by atoms with Gasteiger partial charge >= 0.3 is 6.09 Å². The quantitative estimate of drug-likeness (QED) is 0.390. The number of oxazole rings is 1. The van der Waals surface area contributed by atoms with E-state index in [1.807, 2.05) is 45.0 Å². The second-order valence-corrected chi connectivity index (χ2v) is 9.53. The fraction of sp³-hybridized carbons (Fsp3) is 0.348. The highest BCUT2D eigenvalue weighted by molar-refractivity contribution is 7.09. The molecule has 0 bridgehead atoms. The SMILES string of the molecule is CC(C)(C)OC(=O)N(CCc1nc(C(=O)NCc2ncco2)cs1)Cc1nc2ccccc2[nH]1. The Hall–Kier alpha value is -3.73. The Bertz CT molecular complexity index is 1220. The predicted molar refractivity (Wildman–Crippen MR) is 126 cm³/mol. The lowest BCUT2D eigenvalue weighted by Gasteiger charge is -2.26. The lowest BCUT2D eigenvalue weighted by atomic mass is 10.2. The Morgan fingerprint density at radius 1 is 1.24 bits per heavy atom. The third-order valence-electron chi connectivity index (χ3n) is 4.69. The zero-order valence-corrected chi connectivity index (χ0v) is 20.0. The zero-order chi connectivity index (χ0) is 24.1. The van der Waals surface area contributed by atoms with Gasteiger partial charge in [-0.3, -0.25) is 4.79 Å². The normalized spacial score (nSPS) is 11.5. The largest absolute Gasteiger partial charge is 0.447 e. The van der Waals surface area contributed by atoms with E-state index in [1.165, 1.54) is 23.8 Å². The Kier molecular flexibility index (Phi) is 6.92. The van der Waals surface area contributed by atoms with Crippen LogP contribution in [-0.2, 0) is 24.2 Å². The van der Waals surface area contributed by atoms with Crippen molar-refractivity contribution in [1.29, 1.82) is 0 Å². The van der Waals surface area contributed by atoms with E-state index in [9.17, 15) is 9.59 Å². The number of hydrogen-bond donors (Lipinski definition) is 2. The Morgan fingerprint density at radius 2 is 2.06 bits per heavy atom. The highest BCUT2D eigenvalue weighted by Gasteiger charge is 2.24. The first-order chi connectivity index (χ1) is 16.3. The number of para-hydroxylation sites is 2. The Balaban J connectivity index is 1.40. The van der Waals surface area contributed by atoms with Gasteiger partial charge in [0.05, 0.1) is 35.3 Å². The molecule has 34 heavy (non-hydrogen) atoms. The molecule has 2 N–H and O–H groups in total. The minimum Gasteiger partial charge on any atom is -0.447 e. The van der Waals surface area contributed by atoms with Gasteiger partial charge in [-0.15, -0.1) is 11.3 Å². The monoisotopic (exact) mass is 482 g/mol. The van der Waals surface area contributed by atoms with Gasteiger partial charge < -0.3 is 24.4 Å². The van der Waals surface area contributed by atoms with Crippen LogP contribution < -0.4 is 5.32 Å². The van der Waals surface area contributed by atoms with Crippen molar-refractivity contribution in [3.05, 3.63) is 64.5 Å². The van der Waals surface area contributed by atoms with Crippen LogP contribution in [0, 0.1) is 0 Å². The molecule has 4 rings (SSSR count). The number of ether oxygens (including phenoxy) is 1. The number of hydrogen-bond acceptors (Lipinski definition) is 8. The third-order valence-corrected chi connectivity index (χ3v) is 5.60. The number of carbonyl (C=O) groups is 2. The standard InChI is InChI=1S/C23H26N6O4S/c1-23(2,3)33-22(31)29(13-18-26-15-6-4-5-7-16(15)27-18)10-8-20-28-17(14-34-20)21(30)25-12-19-24-9-11-32-19/h4-7,9,11,14H,8,10,12-13H2,1-3H3,(H,25,30)(H,26,27). The van der Waals surface area contributed by atoms with Crippen LogP contribution in [0.3, 0.4) is 0 Å². The molecule has 3 heterocycles. The maximum absolute atomic E-state index is 12.9. The molecule has 0 aliphatic rings. The maximum atomic E-state index is 12.9. The van der Waals surface area contributed by atoms with Gasteiger partial charge in [0.15, 0.2) is 0 Å². The average molecular weight is 483 g/mol. The van der Waals surface area contributed by atoms with Crippen LogP contribution in [0.5, 0.6) is 0 Å². The molecule has 178 valence electrons. The molecule has 1 aromatic carbocycles. The molecule has 11 heteroatoms. The van der Waals surface area contributed by atoms with Crippen molar-refractivity contribution in [3.63, 3.8) is 0 Å². The predicted octanol–water partition coefficient (Wildman–Crippen LogP) is 3.92. The Labute approximate surface area is 200 Å². The van der Waals surface area contributed by atoms with Crippen molar-refractivity contribution >= 4 is 34.4 Å². The van der Waals surface area contributed by atoms with Gasteiger partial charge in [-0.1, -0.05) is 12.1 Å². The van der Waals surface area contributed by atoms with E-state index in [0.29, 0.717) is 30.4 Å². The third kappa shape index (κ3) is 6.19. The molecule has 4 aromatic rings. The second-order valence-electron chi connectivity index (χ2n) is 8.59. The molecule has 0 unspecified atom stereocenters. The number of aromatic amines is 1. The van der Waals surface area contributed by atoms with E-state index < -0.39 is 11.7 Å². The topological polar surface area (TPSA) is 126 Å². The molecule has 3 aromatic heterocycles. The molecule has 0 aliphatic carbocycles. The van der Waals surface area contributed by atoms with E-state index in [1.54, 1.807) is 10.3 Å². The van der Waals surface area contributed by atoms with Crippen LogP contribution in [0.25, 0.3) is 11.0 Å². The second kappa shape index (κ2) is 10.0. The number of H-pyrrole nitrogens is 1. The van der Waals surface area contributed by atoms with Crippen LogP contribution in [0.15, 0.2) is 46.5 Å². The summed E-state index contributed by atoms with van der Waals surface area (Å²) in [6, 6.07) is 7.70. The van der Waals surface area contributed by atoms with E-state index in [0.717, 1.165) is 16.0 Å². The van der Waals surface area contributed by atoms with Crippen molar-refractivity contribution in [3.8, 4) is 0 Å². The summed E-state index contributed by atoms with van der Waals surface area (Å²) in [6.45, 7) is 6.29. The average Bonchev–Trinajstić information content (AvgIpc) is 3.54. The van der Waals surface area contributed by atoms with Crippen LogP contribution in [0.4, 0.5) is 4.79 Å². The van der Waals surface area contributed by atoms with Gasteiger partial charge in [0.2, 0.25) is 5.89 Å². The van der Waals surface area contributed by atoms with Crippen LogP contribution in [0.2, 0.25) is 0 Å². The first kappa shape index (κ1) is 23.4. The number of amides is 2. The first-order valence-electron chi connectivity index (χ1n) is 10.8. The van der Waals surface area contributed by atoms with Crippen molar-refractivity contribution < 1.29 is 18.7 Å². The van der Waals surface area contributed by atoms with E-state index in [4.69, 9.17) is 9.15 Å². The summed E-state index contributed by atoms with van der Waals surface area (Å²) in [5.41, 5.74) is 1.43. The highest BCUT2D eigenvalue weighted by atomic mass is 32.1. The highest BCUT2D eigenvalue weighted by Crippen LogP contribution is 2.17. The summed E-state index contributed by atoms with van der Waals surface area (Å²) in [5.74, 6) is 0.771. The minimum atomic E-state index is -0.626. The number of nitrogens with zero attached hydrogens (tertiary/aromatic N) is 4. The molecule has 0 atom stereocenters. The number of imidazole rings is 1. The summed E-state index contributed by atoms with van der Waals surface area (Å²) in [6.07, 6.45) is 3.00. The number of nitrogens with one attached hydrogen (secondary N) is 2. The Morgan fingerprint density at radius 3 is 2.79 bits per heavy atom. The number of rotatable bonds is 8. The first-order valence-corrected chi connectivity index (χ1v) is 11.7. The molecule has 0 spiro atoms. The van der Waals surface area contributed by atoms with Crippen molar-refractivity contribution in [2.24, 2.45) is 0 Å². The van der Waals surface area contributed by atoms with Crippen molar-refractivity contribution in [2.45, 2.75) is 45.9 Å². The van der Waals surface area contributed by atoms with Crippen LogP contribution in [0.1, 0.15) is 48.0 Å². The summed E-state index contributed by atoms with van der Waals surface area (Å²) in [5, 5.41) is 5.15. The molecular weight excluding hydrogens is 456 g/mol. The summed E-state index contributed by atoms with van der Waals surface area (Å²) >= 11 is 1.36. The van der Waals surface area contributed by atoms with E-state index in [2.05, 4.69) is 25.3 Å². The number of benzene rings is 1. The van der Waals surface area contributed by atoms with Gasteiger partial charge in [-0.25, -0.2) is 19.7 Å². The van der Waals surface area contributed by atoms with Crippen molar-refractivity contribution in [1.82, 2.24) is 30.2 Å². The van der Waals surface area contributed by atoms with Gasteiger partial charge in [-0.2, -0.15) is 0 Å². The van der Waals surface area contributed by atoms with Crippen LogP contribution >= 0.6 is 11.3 Å². The molecule has 0 saturated heterocycles. The van der Waals surface area contributed by atoms with Crippen LogP contribution in [-0.4, -0.2) is 49.0 Å². The van der Waals surface area contributed by atoms with E-state index >= 15 is 0 Å². The van der Waals surface area contributed by atoms with Crippen molar-refractivity contribution in [2.75, 3.05) is 6.54 Å². The fourth-order valence-corrected chi connectivity index (χ4v) is 3.94. The zero-order valence-electron chi connectivity index (χ0n) is 19.2. The number of fused-ring (bicyclic) bond motifs is 1. The molecule has 0 radical (unpaired) electrons. The van der Waals surface area contributed by atoms with E-state index in [-0.39, 0.29) is 19.0 Å². The molecule has 0 aliphatic heterocycles. The number of aromatic nitrogens is 4. The fourth-order valence-electron chi connectivity index (χ4n) is 3.17. The summed E-state index contributed by atoms with van der Waals surface area (Å²) < 4.78 is 10.7. The van der Waals surface area contributed by atoms with Gasteiger partial charge in [0.25, 0.3) is 5.91 Å². The molecule has 0 fully saturated rings. The summed E-state index contributed by atoms with van der Waals surface area (Å²) in [7, 11) is 0. The molecule has 0 saturated carbocycles. The van der Waals surface area contributed by atoms with Gasteiger partial charge in [-0.05, 0) is 32.9 Å².